The predicted octanol–water partition coefficient (Wildman–Crippen LogP) is 4.87. The molecule has 2 aromatic heterocycles. The molecule has 2 heterocycles. The highest BCUT2D eigenvalue weighted by atomic mass is 15.0. The fraction of sp³-hybridized carbons (Fsp3) is 0.280. The fourth-order valence-electron chi connectivity index (χ4n) is 3.84. The van der Waals surface area contributed by atoms with Gasteiger partial charge in [-0.25, -0.2) is 19.9 Å². The van der Waals surface area contributed by atoms with E-state index in [9.17, 15) is 0 Å². The smallest absolute Gasteiger partial charge is 0.181 e. The number of fused-ring (bicyclic) bond motifs is 1. The van der Waals surface area contributed by atoms with Crippen molar-refractivity contribution in [2.75, 3.05) is 5.32 Å². The Morgan fingerprint density at radius 3 is 2.61 bits per heavy atom. The largest absolute Gasteiger partial charge is 0.379 e. The second kappa shape index (κ2) is 8.68. The molecule has 158 valence electrons. The number of nitrogens with zero attached hydrogens (tertiary/aromatic N) is 4. The Hall–Kier alpha value is -3.54. The molecule has 0 aliphatic heterocycles. The van der Waals surface area contributed by atoms with Crippen LogP contribution in [0.4, 0.5) is 5.69 Å². The molecule has 1 atom stereocenters. The molecule has 0 amide bonds. The Labute approximate surface area is 183 Å². The number of rotatable bonds is 6. The van der Waals surface area contributed by atoms with Crippen LogP contribution in [0.15, 0.2) is 61.3 Å². The summed E-state index contributed by atoms with van der Waals surface area (Å²) in [6, 6.07) is 8.49. The maximum Gasteiger partial charge on any atom is 0.181 e. The number of allylic oxidation sites excluding steroid dienone is 1. The molecule has 3 aromatic rings. The summed E-state index contributed by atoms with van der Waals surface area (Å²) < 4.78 is 0. The van der Waals surface area contributed by atoms with Crippen LogP contribution in [0.3, 0.4) is 0 Å². The van der Waals surface area contributed by atoms with Crippen LogP contribution in [-0.2, 0) is 6.54 Å². The van der Waals surface area contributed by atoms with Gasteiger partial charge < -0.3 is 10.6 Å². The number of aromatic nitrogens is 4. The number of nitrogens with one attached hydrogen (secondary N) is 2. The molecule has 0 radical (unpaired) electrons. The van der Waals surface area contributed by atoms with Gasteiger partial charge in [0, 0.05) is 17.4 Å². The van der Waals surface area contributed by atoms with E-state index in [0.29, 0.717) is 18.0 Å². The van der Waals surface area contributed by atoms with Crippen molar-refractivity contribution in [1.29, 1.82) is 0 Å². The van der Waals surface area contributed by atoms with Gasteiger partial charge in [-0.3, -0.25) is 0 Å². The van der Waals surface area contributed by atoms with Gasteiger partial charge in [0.25, 0.3) is 0 Å². The molecule has 6 heteroatoms. The molecule has 1 aliphatic carbocycles. The van der Waals surface area contributed by atoms with E-state index in [1.54, 1.807) is 6.20 Å². The van der Waals surface area contributed by atoms with E-state index in [4.69, 9.17) is 0 Å². The molecule has 1 fully saturated rings. The third-order valence-electron chi connectivity index (χ3n) is 5.55. The van der Waals surface area contributed by atoms with E-state index in [2.05, 4.69) is 62.4 Å². The van der Waals surface area contributed by atoms with Crippen LogP contribution in [0.1, 0.15) is 42.0 Å². The average molecular weight is 413 g/mol. The third-order valence-corrected chi connectivity index (χ3v) is 5.55. The first-order chi connectivity index (χ1) is 14.9. The topological polar surface area (TPSA) is 75.6 Å². The van der Waals surface area contributed by atoms with Crippen molar-refractivity contribution in [3.8, 4) is 0 Å². The fourth-order valence-corrected chi connectivity index (χ4v) is 3.84. The second-order valence-electron chi connectivity index (χ2n) is 8.12. The van der Waals surface area contributed by atoms with Crippen molar-refractivity contribution in [3.05, 3.63) is 84.1 Å². The van der Waals surface area contributed by atoms with E-state index in [-0.39, 0.29) is 6.04 Å². The maximum atomic E-state index is 4.67. The molecule has 1 aromatic carbocycles. The molecule has 1 unspecified atom stereocenters. The molecular weight excluding hydrogens is 384 g/mol. The number of anilines is 1. The van der Waals surface area contributed by atoms with Gasteiger partial charge in [0.05, 0.1) is 24.1 Å². The van der Waals surface area contributed by atoms with Crippen molar-refractivity contribution >= 4 is 22.5 Å². The Morgan fingerprint density at radius 2 is 1.87 bits per heavy atom. The van der Waals surface area contributed by atoms with Gasteiger partial charge in [0.15, 0.2) is 5.65 Å². The number of benzene rings is 1. The maximum absolute atomic E-state index is 4.67. The number of hydrogen-bond acceptors (Lipinski definition) is 6. The number of hydrogen-bond donors (Lipinski definition) is 2. The van der Waals surface area contributed by atoms with Gasteiger partial charge in [-0.15, -0.1) is 0 Å². The SMILES string of the molecule is C=C1CCC(NC(=C)c2ccc(NCc3cnc4nc(C)nc(C)c4n3)cc2)C(=C)C1. The molecule has 6 nitrogen and oxygen atoms in total. The molecular formula is C25H28N6. The lowest BCUT2D eigenvalue weighted by Gasteiger charge is -2.28. The molecule has 0 saturated heterocycles. The zero-order valence-corrected chi connectivity index (χ0v) is 18.2. The van der Waals surface area contributed by atoms with Gasteiger partial charge in [0.1, 0.15) is 11.3 Å². The van der Waals surface area contributed by atoms with Crippen LogP contribution in [0.25, 0.3) is 16.9 Å². The third kappa shape index (κ3) is 4.79. The number of aryl methyl sites for hydroxylation is 2. The lowest BCUT2D eigenvalue weighted by atomic mass is 9.87. The van der Waals surface area contributed by atoms with Gasteiger partial charge >= 0.3 is 0 Å². The molecule has 1 saturated carbocycles. The van der Waals surface area contributed by atoms with E-state index in [0.717, 1.165) is 53.1 Å². The predicted molar refractivity (Wildman–Crippen MR) is 126 cm³/mol. The van der Waals surface area contributed by atoms with E-state index in [1.165, 1.54) is 11.1 Å². The van der Waals surface area contributed by atoms with Crippen LogP contribution >= 0.6 is 0 Å². The van der Waals surface area contributed by atoms with E-state index in [1.807, 2.05) is 26.0 Å². The highest BCUT2D eigenvalue weighted by Crippen LogP contribution is 2.27. The Morgan fingerprint density at radius 1 is 1.10 bits per heavy atom. The molecule has 2 N–H and O–H groups in total. The van der Waals surface area contributed by atoms with Crippen molar-refractivity contribution < 1.29 is 0 Å². The normalized spacial score (nSPS) is 16.4. The Balaban J connectivity index is 1.37. The van der Waals surface area contributed by atoms with Crippen molar-refractivity contribution in [3.63, 3.8) is 0 Å². The molecule has 4 rings (SSSR count). The minimum Gasteiger partial charge on any atom is -0.379 e. The minimum absolute atomic E-state index is 0.263. The van der Waals surface area contributed by atoms with Crippen LogP contribution in [0, 0.1) is 13.8 Å². The zero-order valence-electron chi connectivity index (χ0n) is 18.2. The summed E-state index contributed by atoms with van der Waals surface area (Å²) in [6.07, 6.45) is 4.72. The molecule has 31 heavy (non-hydrogen) atoms. The summed E-state index contributed by atoms with van der Waals surface area (Å²) in [4.78, 5) is 17.8. The van der Waals surface area contributed by atoms with Crippen molar-refractivity contribution in [2.45, 2.75) is 45.7 Å². The Bertz CT molecular complexity index is 1160. The highest BCUT2D eigenvalue weighted by Gasteiger charge is 2.19. The van der Waals surface area contributed by atoms with E-state index >= 15 is 0 Å². The van der Waals surface area contributed by atoms with Gasteiger partial charge in [-0.05, 0) is 50.8 Å². The first-order valence-corrected chi connectivity index (χ1v) is 10.5. The monoisotopic (exact) mass is 412 g/mol. The lowest BCUT2D eigenvalue weighted by molar-refractivity contribution is 0.567. The van der Waals surface area contributed by atoms with Gasteiger partial charge in [-0.1, -0.05) is 43.0 Å². The quantitative estimate of drug-likeness (QED) is 0.563. The van der Waals surface area contributed by atoms with Crippen LogP contribution in [0.2, 0.25) is 0 Å². The minimum atomic E-state index is 0.263. The first-order valence-electron chi connectivity index (χ1n) is 10.5. The summed E-state index contributed by atoms with van der Waals surface area (Å²) in [5.74, 6) is 0.708. The van der Waals surface area contributed by atoms with Crippen molar-refractivity contribution in [2.24, 2.45) is 0 Å². The van der Waals surface area contributed by atoms with Crippen LogP contribution < -0.4 is 10.6 Å². The standard InChI is InChI=1S/C25H28N6/c1-15-6-11-23(16(2)12-15)29-17(3)20-7-9-21(10-8-20)26-13-22-14-27-25-24(31-22)18(4)28-19(5)30-25/h7-10,14,23,26,29H,1-3,6,11-13H2,4-5H3. The second-order valence-corrected chi connectivity index (χ2v) is 8.12. The lowest BCUT2D eigenvalue weighted by Crippen LogP contribution is -2.31. The molecule has 0 spiro atoms. The summed E-state index contributed by atoms with van der Waals surface area (Å²) in [5.41, 5.74) is 8.50. The summed E-state index contributed by atoms with van der Waals surface area (Å²) in [7, 11) is 0. The van der Waals surface area contributed by atoms with Gasteiger partial charge in [-0.2, -0.15) is 0 Å². The van der Waals surface area contributed by atoms with Crippen LogP contribution in [0.5, 0.6) is 0 Å². The highest BCUT2D eigenvalue weighted by molar-refractivity contribution is 5.72. The first kappa shape index (κ1) is 20.7. The summed E-state index contributed by atoms with van der Waals surface area (Å²) in [5, 5.41) is 6.92. The zero-order chi connectivity index (χ0) is 22.0. The average Bonchev–Trinajstić information content (AvgIpc) is 2.74. The van der Waals surface area contributed by atoms with Crippen molar-refractivity contribution in [1.82, 2.24) is 25.3 Å². The Kier molecular flexibility index (Phi) is 5.80. The molecule has 1 aliphatic rings. The molecule has 0 bridgehead atoms. The van der Waals surface area contributed by atoms with Gasteiger partial charge in [0.2, 0.25) is 0 Å². The van der Waals surface area contributed by atoms with E-state index < -0.39 is 0 Å². The summed E-state index contributed by atoms with van der Waals surface area (Å²) >= 11 is 0. The summed E-state index contributed by atoms with van der Waals surface area (Å²) in [6.45, 7) is 16.8. The van der Waals surface area contributed by atoms with Crippen LogP contribution in [-0.4, -0.2) is 26.0 Å².